The van der Waals surface area contributed by atoms with Gasteiger partial charge in [-0.1, -0.05) is 72.8 Å². The number of hydrogen-bond acceptors (Lipinski definition) is 5. The molecule has 4 aromatic carbocycles. The number of methoxy groups -OCH3 is 2. The topological polar surface area (TPSA) is 43.3 Å². The fraction of sp³-hybridized carbons (Fsp3) is 0.167. The quantitative estimate of drug-likeness (QED) is 0.335. The Labute approximate surface area is 205 Å². The van der Waals surface area contributed by atoms with Crippen molar-refractivity contribution >= 4 is 5.71 Å². The highest BCUT2D eigenvalue weighted by molar-refractivity contribution is 6.04. The molecule has 0 spiro atoms. The number of benzene rings is 4. The van der Waals surface area contributed by atoms with Gasteiger partial charge in [0.05, 0.1) is 26.0 Å². The minimum atomic E-state index is -0.318. The highest BCUT2D eigenvalue weighted by atomic mass is 16.5. The summed E-state index contributed by atoms with van der Waals surface area (Å²) in [4.78, 5) is 0. The fourth-order valence-electron chi connectivity index (χ4n) is 4.92. The van der Waals surface area contributed by atoms with Crippen molar-refractivity contribution in [1.29, 1.82) is 0 Å². The van der Waals surface area contributed by atoms with Crippen molar-refractivity contribution in [2.75, 3.05) is 14.2 Å². The van der Waals surface area contributed by atoms with Crippen LogP contribution in [0.2, 0.25) is 0 Å². The van der Waals surface area contributed by atoms with Crippen LogP contribution in [0.3, 0.4) is 0 Å². The zero-order chi connectivity index (χ0) is 23.8. The third-order valence-corrected chi connectivity index (χ3v) is 6.72. The molecule has 0 fully saturated rings. The first-order valence-electron chi connectivity index (χ1n) is 11.7. The van der Waals surface area contributed by atoms with Gasteiger partial charge in [-0.25, -0.2) is 5.01 Å². The molecule has 0 amide bonds. The molecule has 0 aliphatic carbocycles. The molecular weight excluding hydrogens is 436 g/mol. The summed E-state index contributed by atoms with van der Waals surface area (Å²) in [5.41, 5.74) is 6.53. The summed E-state index contributed by atoms with van der Waals surface area (Å²) in [5, 5.41) is 7.18. The Hall–Kier alpha value is -4.25. The zero-order valence-corrected chi connectivity index (χ0v) is 19.7. The van der Waals surface area contributed by atoms with Crippen molar-refractivity contribution in [3.63, 3.8) is 0 Å². The van der Waals surface area contributed by atoms with Crippen molar-refractivity contribution in [2.24, 2.45) is 5.10 Å². The maximum atomic E-state index is 6.52. The van der Waals surface area contributed by atoms with Gasteiger partial charge in [0, 0.05) is 29.2 Å². The van der Waals surface area contributed by atoms with Crippen LogP contribution in [0.15, 0.2) is 102 Å². The van der Waals surface area contributed by atoms with Crippen molar-refractivity contribution in [1.82, 2.24) is 5.01 Å². The Morgan fingerprint density at radius 3 is 2.31 bits per heavy atom. The van der Waals surface area contributed by atoms with Gasteiger partial charge in [0.2, 0.25) is 6.23 Å². The second kappa shape index (κ2) is 8.84. The average molecular weight is 463 g/mol. The molecule has 2 heterocycles. The zero-order valence-electron chi connectivity index (χ0n) is 19.7. The first-order valence-corrected chi connectivity index (χ1v) is 11.7. The normalized spacial score (nSPS) is 18.2. The molecule has 2 aliphatic heterocycles. The van der Waals surface area contributed by atoms with E-state index in [0.717, 1.165) is 46.1 Å². The van der Waals surface area contributed by atoms with Crippen molar-refractivity contribution in [3.05, 3.63) is 114 Å². The average Bonchev–Trinajstić information content (AvgIpc) is 3.38. The Morgan fingerprint density at radius 2 is 1.54 bits per heavy atom. The van der Waals surface area contributed by atoms with Gasteiger partial charge in [0.15, 0.2) is 0 Å². The second-order valence-corrected chi connectivity index (χ2v) is 8.71. The Kier molecular flexibility index (Phi) is 5.38. The first kappa shape index (κ1) is 21.3. The lowest BCUT2D eigenvalue weighted by atomic mass is 9.95. The third kappa shape index (κ3) is 3.79. The van der Waals surface area contributed by atoms with Gasteiger partial charge >= 0.3 is 0 Å². The molecule has 0 aromatic heterocycles. The molecule has 5 nitrogen and oxygen atoms in total. The van der Waals surface area contributed by atoms with Crippen molar-refractivity contribution < 1.29 is 14.2 Å². The van der Waals surface area contributed by atoms with Crippen molar-refractivity contribution in [3.8, 4) is 28.4 Å². The van der Waals surface area contributed by atoms with Gasteiger partial charge in [-0.05, 0) is 29.3 Å². The number of ether oxygens (including phenoxy) is 3. The predicted octanol–water partition coefficient (Wildman–Crippen LogP) is 6.61. The molecule has 2 unspecified atom stereocenters. The van der Waals surface area contributed by atoms with Crippen LogP contribution in [-0.4, -0.2) is 24.9 Å². The van der Waals surface area contributed by atoms with Gasteiger partial charge in [-0.2, -0.15) is 5.10 Å². The predicted molar refractivity (Wildman–Crippen MR) is 137 cm³/mol. The molecule has 35 heavy (non-hydrogen) atoms. The summed E-state index contributed by atoms with van der Waals surface area (Å²) in [6.07, 6.45) is 0.447. The van der Waals surface area contributed by atoms with Gasteiger partial charge in [0.25, 0.3) is 0 Å². The van der Waals surface area contributed by atoms with Crippen LogP contribution in [0.4, 0.5) is 0 Å². The van der Waals surface area contributed by atoms with Crippen LogP contribution < -0.4 is 14.2 Å². The summed E-state index contributed by atoms with van der Waals surface area (Å²) in [7, 11) is 3.33. The lowest BCUT2D eigenvalue weighted by molar-refractivity contribution is -0.0190. The van der Waals surface area contributed by atoms with Crippen LogP contribution in [0.5, 0.6) is 17.2 Å². The lowest BCUT2D eigenvalue weighted by Gasteiger charge is -2.38. The molecule has 2 atom stereocenters. The summed E-state index contributed by atoms with van der Waals surface area (Å²) < 4.78 is 17.6. The van der Waals surface area contributed by atoms with E-state index in [0.29, 0.717) is 0 Å². The molecule has 4 aromatic rings. The number of rotatable bonds is 5. The number of hydrogen-bond donors (Lipinski definition) is 0. The van der Waals surface area contributed by atoms with Gasteiger partial charge in [0.1, 0.15) is 17.2 Å². The monoisotopic (exact) mass is 462 g/mol. The standard InChI is InChI=1S/C30H26N2O3/c1-33-23-16-17-24(29(18-23)34-2)26-19-27-25-10-6-7-11-28(25)35-30(32(27)31-26)22-14-12-21(13-15-22)20-8-4-3-5-9-20/h3-18,27,30H,19H2,1-2H3. The van der Waals surface area contributed by atoms with E-state index in [1.165, 1.54) is 11.1 Å². The SMILES string of the molecule is COc1ccc(C2=NN3C(C2)c2ccccc2OC3c2ccc(-c3ccccc3)cc2)c(OC)c1. The molecule has 6 rings (SSSR count). The van der Waals surface area contributed by atoms with Gasteiger partial charge in [-0.3, -0.25) is 0 Å². The molecule has 0 saturated carbocycles. The van der Waals surface area contributed by atoms with Crippen LogP contribution in [-0.2, 0) is 0 Å². The van der Waals surface area contributed by atoms with E-state index >= 15 is 0 Å². The minimum Gasteiger partial charge on any atom is -0.497 e. The number of nitrogens with zero attached hydrogens (tertiary/aromatic N) is 2. The van der Waals surface area contributed by atoms with Crippen LogP contribution in [0.1, 0.15) is 35.4 Å². The lowest BCUT2D eigenvalue weighted by Crippen LogP contribution is -2.33. The van der Waals surface area contributed by atoms with E-state index in [-0.39, 0.29) is 12.3 Å². The maximum Gasteiger partial charge on any atom is 0.213 e. The second-order valence-electron chi connectivity index (χ2n) is 8.71. The molecule has 0 bridgehead atoms. The summed E-state index contributed by atoms with van der Waals surface area (Å²) in [6.45, 7) is 0. The third-order valence-electron chi connectivity index (χ3n) is 6.72. The molecule has 5 heteroatoms. The van der Waals surface area contributed by atoms with E-state index in [1.54, 1.807) is 14.2 Å². The number of para-hydroxylation sites is 1. The van der Waals surface area contributed by atoms with E-state index in [2.05, 4.69) is 65.7 Å². The molecule has 2 aliphatic rings. The minimum absolute atomic E-state index is 0.0838. The van der Waals surface area contributed by atoms with Crippen LogP contribution >= 0.6 is 0 Å². The van der Waals surface area contributed by atoms with Gasteiger partial charge in [-0.15, -0.1) is 0 Å². The molecule has 174 valence electrons. The first-order chi connectivity index (χ1) is 17.2. The molecule has 0 N–H and O–H groups in total. The summed E-state index contributed by atoms with van der Waals surface area (Å²) >= 11 is 0. The summed E-state index contributed by atoms with van der Waals surface area (Å²) in [5.74, 6) is 2.41. The highest BCUT2D eigenvalue weighted by Crippen LogP contribution is 2.48. The molecule has 0 saturated heterocycles. The van der Waals surface area contributed by atoms with Crippen LogP contribution in [0.25, 0.3) is 11.1 Å². The van der Waals surface area contributed by atoms with Crippen molar-refractivity contribution in [2.45, 2.75) is 18.7 Å². The number of hydrazone groups is 1. The molecular formula is C30H26N2O3. The molecule has 0 radical (unpaired) electrons. The largest absolute Gasteiger partial charge is 0.497 e. The van der Waals surface area contributed by atoms with Crippen LogP contribution in [0, 0.1) is 0 Å². The van der Waals surface area contributed by atoms with E-state index in [9.17, 15) is 0 Å². The number of fused-ring (bicyclic) bond motifs is 3. The fourth-order valence-corrected chi connectivity index (χ4v) is 4.92. The Morgan fingerprint density at radius 1 is 0.800 bits per heavy atom. The Balaban J connectivity index is 1.39. The summed E-state index contributed by atoms with van der Waals surface area (Å²) in [6, 6.07) is 33.2. The maximum absolute atomic E-state index is 6.52. The Bertz CT molecular complexity index is 1380. The van der Waals surface area contributed by atoms with E-state index in [1.807, 2.05) is 36.4 Å². The smallest absolute Gasteiger partial charge is 0.213 e. The highest BCUT2D eigenvalue weighted by Gasteiger charge is 2.41. The van der Waals surface area contributed by atoms with E-state index < -0.39 is 0 Å². The van der Waals surface area contributed by atoms with Gasteiger partial charge < -0.3 is 14.2 Å². The van der Waals surface area contributed by atoms with E-state index in [4.69, 9.17) is 19.3 Å².